The lowest BCUT2D eigenvalue weighted by Gasteiger charge is -2.17. The van der Waals surface area contributed by atoms with Crippen molar-refractivity contribution in [3.63, 3.8) is 0 Å². The van der Waals surface area contributed by atoms with Crippen molar-refractivity contribution in [2.75, 3.05) is 0 Å². The molecule has 3 N–H and O–H groups in total. The van der Waals surface area contributed by atoms with E-state index in [4.69, 9.17) is 10.8 Å². The first-order valence-electron chi connectivity index (χ1n) is 9.34. The molecule has 0 aromatic heterocycles. The van der Waals surface area contributed by atoms with E-state index in [1.807, 2.05) is 0 Å². The van der Waals surface area contributed by atoms with Gasteiger partial charge in [0.2, 0.25) is 0 Å². The van der Waals surface area contributed by atoms with Gasteiger partial charge in [-0.3, -0.25) is 4.79 Å². The zero-order valence-electron chi connectivity index (χ0n) is 15.6. The number of nitrogens with two attached hydrogens (primary N) is 1. The number of carbonyl (C=O) groups is 1. The molecule has 0 saturated carbocycles. The lowest BCUT2D eigenvalue weighted by atomic mass is 9.97. The second-order valence-corrected chi connectivity index (χ2v) is 7.06. The van der Waals surface area contributed by atoms with Crippen molar-refractivity contribution in [3.8, 4) is 0 Å². The van der Waals surface area contributed by atoms with Crippen LogP contribution in [0.5, 0.6) is 0 Å². The van der Waals surface area contributed by atoms with Crippen LogP contribution in [0.4, 0.5) is 0 Å². The zero-order chi connectivity index (χ0) is 17.3. The Hall–Kier alpha value is -0.570. The predicted octanol–water partition coefficient (Wildman–Crippen LogP) is 5.91. The predicted molar refractivity (Wildman–Crippen MR) is 97.3 cm³/mol. The first-order valence-corrected chi connectivity index (χ1v) is 9.34. The minimum Gasteiger partial charge on any atom is -0.481 e. The summed E-state index contributed by atoms with van der Waals surface area (Å²) in [7, 11) is 0. The van der Waals surface area contributed by atoms with Crippen molar-refractivity contribution in [1.82, 2.24) is 0 Å². The number of carboxylic acid groups (broad SMARTS) is 1. The van der Waals surface area contributed by atoms with Crippen LogP contribution in [0.15, 0.2) is 0 Å². The number of hydrogen-bond donors (Lipinski definition) is 2. The SMILES string of the molecule is CCCCCCC(=O)O.CCCCCCCCCC(C)(C)N. The molecule has 0 aromatic carbocycles. The smallest absolute Gasteiger partial charge is 0.303 e. The Morgan fingerprint density at radius 3 is 1.64 bits per heavy atom. The van der Waals surface area contributed by atoms with Crippen LogP contribution in [0, 0.1) is 0 Å². The highest BCUT2D eigenvalue weighted by atomic mass is 16.4. The third-order valence-electron chi connectivity index (χ3n) is 3.67. The van der Waals surface area contributed by atoms with Crippen LogP contribution in [0.3, 0.4) is 0 Å². The van der Waals surface area contributed by atoms with Crippen LogP contribution in [-0.4, -0.2) is 16.6 Å². The normalized spacial score (nSPS) is 11.0. The molecule has 0 fully saturated rings. The van der Waals surface area contributed by atoms with Crippen molar-refractivity contribution in [2.24, 2.45) is 5.73 Å². The molecule has 22 heavy (non-hydrogen) atoms. The van der Waals surface area contributed by atoms with Crippen LogP contribution < -0.4 is 5.73 Å². The third-order valence-corrected chi connectivity index (χ3v) is 3.67. The maximum Gasteiger partial charge on any atom is 0.303 e. The van der Waals surface area contributed by atoms with Crippen molar-refractivity contribution in [2.45, 2.75) is 117 Å². The highest BCUT2D eigenvalue weighted by molar-refractivity contribution is 5.66. The Labute approximate surface area is 139 Å². The van der Waals surface area contributed by atoms with Gasteiger partial charge >= 0.3 is 5.97 Å². The molecule has 0 bridgehead atoms. The van der Waals surface area contributed by atoms with Gasteiger partial charge in [0, 0.05) is 12.0 Å². The van der Waals surface area contributed by atoms with E-state index < -0.39 is 5.97 Å². The second kappa shape index (κ2) is 16.8. The number of rotatable bonds is 13. The van der Waals surface area contributed by atoms with Crippen molar-refractivity contribution < 1.29 is 9.90 Å². The van der Waals surface area contributed by atoms with Gasteiger partial charge in [0.1, 0.15) is 0 Å². The Morgan fingerprint density at radius 1 is 0.818 bits per heavy atom. The maximum absolute atomic E-state index is 9.96. The summed E-state index contributed by atoms with van der Waals surface area (Å²) in [6.45, 7) is 8.60. The minimum atomic E-state index is -0.675. The molecule has 0 rings (SSSR count). The standard InChI is InChI=1S/C12H27N.C7H14O2/c1-4-5-6-7-8-9-10-11-12(2,3)13;1-2-3-4-5-6-7(8)9/h4-11,13H2,1-3H3;2-6H2,1H3,(H,8,9). The van der Waals surface area contributed by atoms with Crippen LogP contribution >= 0.6 is 0 Å². The molecule has 134 valence electrons. The van der Waals surface area contributed by atoms with E-state index in [1.165, 1.54) is 57.8 Å². The highest BCUT2D eigenvalue weighted by Gasteiger charge is 2.08. The lowest BCUT2D eigenvalue weighted by molar-refractivity contribution is -0.137. The lowest BCUT2D eigenvalue weighted by Crippen LogP contribution is -2.31. The quantitative estimate of drug-likeness (QED) is 0.415. The van der Waals surface area contributed by atoms with Gasteiger partial charge in [-0.2, -0.15) is 0 Å². The van der Waals surface area contributed by atoms with Gasteiger partial charge < -0.3 is 10.8 Å². The number of carboxylic acids is 1. The van der Waals surface area contributed by atoms with E-state index >= 15 is 0 Å². The van der Waals surface area contributed by atoms with E-state index in [2.05, 4.69) is 27.7 Å². The third kappa shape index (κ3) is 27.7. The summed E-state index contributed by atoms with van der Waals surface area (Å²) in [5.74, 6) is -0.675. The van der Waals surface area contributed by atoms with Crippen molar-refractivity contribution >= 4 is 5.97 Å². The summed E-state index contributed by atoms with van der Waals surface area (Å²) in [6.07, 6.45) is 15.4. The van der Waals surface area contributed by atoms with Gasteiger partial charge in [-0.1, -0.05) is 78.1 Å². The van der Waals surface area contributed by atoms with Gasteiger partial charge in [0.25, 0.3) is 0 Å². The molecule has 0 aliphatic heterocycles. The van der Waals surface area contributed by atoms with Gasteiger partial charge in [0.05, 0.1) is 0 Å². The zero-order valence-corrected chi connectivity index (χ0v) is 15.6. The number of aliphatic carboxylic acids is 1. The molecular weight excluding hydrogens is 274 g/mol. The molecule has 0 heterocycles. The van der Waals surface area contributed by atoms with Crippen molar-refractivity contribution in [3.05, 3.63) is 0 Å². The highest BCUT2D eigenvalue weighted by Crippen LogP contribution is 2.13. The molecule has 0 aromatic rings. The summed E-state index contributed by atoms with van der Waals surface area (Å²) in [5.41, 5.74) is 5.94. The van der Waals surface area contributed by atoms with Gasteiger partial charge in [0.15, 0.2) is 0 Å². The molecule has 0 radical (unpaired) electrons. The molecule has 0 saturated heterocycles. The van der Waals surface area contributed by atoms with E-state index in [1.54, 1.807) is 0 Å². The molecule has 3 heteroatoms. The summed E-state index contributed by atoms with van der Waals surface area (Å²) in [6, 6.07) is 0. The fourth-order valence-corrected chi connectivity index (χ4v) is 2.24. The van der Waals surface area contributed by atoms with Gasteiger partial charge in [-0.05, 0) is 26.7 Å². The summed E-state index contributed by atoms with van der Waals surface area (Å²) >= 11 is 0. The number of hydrogen-bond acceptors (Lipinski definition) is 2. The van der Waals surface area contributed by atoms with Crippen molar-refractivity contribution in [1.29, 1.82) is 0 Å². The maximum atomic E-state index is 9.96. The molecule has 0 atom stereocenters. The molecule has 3 nitrogen and oxygen atoms in total. The minimum absolute atomic E-state index is 0.0451. The Bertz CT molecular complexity index is 234. The van der Waals surface area contributed by atoms with Gasteiger partial charge in [-0.25, -0.2) is 0 Å². The van der Waals surface area contributed by atoms with Gasteiger partial charge in [-0.15, -0.1) is 0 Å². The molecule has 0 unspecified atom stereocenters. The molecule has 0 spiro atoms. The summed E-state index contributed by atoms with van der Waals surface area (Å²) in [5, 5.41) is 8.21. The molecular formula is C19H41NO2. The average Bonchev–Trinajstić information content (AvgIpc) is 2.42. The van der Waals surface area contributed by atoms with Crippen LogP contribution in [-0.2, 0) is 4.79 Å². The topological polar surface area (TPSA) is 63.3 Å². The molecule has 0 aliphatic carbocycles. The first-order chi connectivity index (χ1) is 10.3. The average molecular weight is 316 g/mol. The molecule has 0 amide bonds. The summed E-state index contributed by atoms with van der Waals surface area (Å²) in [4.78, 5) is 9.96. The molecule has 0 aliphatic rings. The Morgan fingerprint density at radius 2 is 1.23 bits per heavy atom. The fourth-order valence-electron chi connectivity index (χ4n) is 2.24. The van der Waals surface area contributed by atoms with E-state index in [0.29, 0.717) is 6.42 Å². The summed E-state index contributed by atoms with van der Waals surface area (Å²) < 4.78 is 0. The first kappa shape index (κ1) is 23.7. The number of unbranched alkanes of at least 4 members (excludes halogenated alkanes) is 9. The van der Waals surface area contributed by atoms with Crippen LogP contribution in [0.1, 0.15) is 111 Å². The monoisotopic (exact) mass is 315 g/mol. The van der Waals surface area contributed by atoms with Crippen LogP contribution in [0.25, 0.3) is 0 Å². The second-order valence-electron chi connectivity index (χ2n) is 7.06. The van der Waals surface area contributed by atoms with E-state index in [-0.39, 0.29) is 5.54 Å². The van der Waals surface area contributed by atoms with Crippen LogP contribution in [0.2, 0.25) is 0 Å². The van der Waals surface area contributed by atoms with E-state index in [0.717, 1.165) is 19.3 Å². The Balaban J connectivity index is 0. The largest absolute Gasteiger partial charge is 0.481 e. The van der Waals surface area contributed by atoms with E-state index in [9.17, 15) is 4.79 Å². The Kier molecular flexibility index (Phi) is 18.1. The fraction of sp³-hybridized carbons (Fsp3) is 0.947.